The van der Waals surface area contributed by atoms with Gasteiger partial charge >= 0.3 is 11.9 Å². The summed E-state index contributed by atoms with van der Waals surface area (Å²) < 4.78 is 15.6. The summed E-state index contributed by atoms with van der Waals surface area (Å²) in [5, 5.41) is 21.6. The molecule has 0 saturated heterocycles. The third kappa shape index (κ3) is 9.28. The first-order valence-electron chi connectivity index (χ1n) is 10.7. The fourth-order valence-corrected chi connectivity index (χ4v) is 4.13. The molecule has 0 aromatic rings. The molecule has 176 valence electrons. The van der Waals surface area contributed by atoms with Crippen molar-refractivity contribution < 1.29 is 33.7 Å². The van der Waals surface area contributed by atoms with Gasteiger partial charge in [-0.3, -0.25) is 0 Å². The van der Waals surface area contributed by atoms with E-state index in [4.69, 9.17) is 4.43 Å². The van der Waals surface area contributed by atoms with Crippen LogP contribution in [0.1, 0.15) is 66.2 Å². The third-order valence-corrected chi connectivity index (χ3v) is 10.3. The second kappa shape index (κ2) is 13.2. The summed E-state index contributed by atoms with van der Waals surface area (Å²) in [5.41, 5.74) is -0.355. The fourth-order valence-electron chi connectivity index (χ4n) is 2.76. The SMILES string of the molecule is CCCCCCCC(O[Si](C)(C)C(C)(C)C)C(O)C(O)/C(=C/C(=O)OC)C(=O)OC. The van der Waals surface area contributed by atoms with Crippen molar-refractivity contribution in [1.29, 1.82) is 0 Å². The highest BCUT2D eigenvalue weighted by molar-refractivity contribution is 6.74. The summed E-state index contributed by atoms with van der Waals surface area (Å²) >= 11 is 0. The monoisotopic (exact) mass is 446 g/mol. The van der Waals surface area contributed by atoms with Gasteiger partial charge in [-0.05, 0) is 24.6 Å². The molecule has 2 N–H and O–H groups in total. The van der Waals surface area contributed by atoms with E-state index in [0.29, 0.717) is 6.42 Å². The maximum Gasteiger partial charge on any atom is 0.336 e. The number of esters is 2. The zero-order valence-electron chi connectivity index (χ0n) is 20.0. The number of hydrogen-bond donors (Lipinski definition) is 2. The van der Waals surface area contributed by atoms with E-state index in [1.165, 1.54) is 0 Å². The minimum atomic E-state index is -2.26. The Labute approximate surface area is 182 Å². The quantitative estimate of drug-likeness (QED) is 0.192. The molecule has 30 heavy (non-hydrogen) atoms. The molecule has 0 saturated carbocycles. The normalized spacial score (nSPS) is 16.0. The molecule has 0 aliphatic heterocycles. The number of carbonyl (C=O) groups is 2. The Balaban J connectivity index is 5.67. The van der Waals surface area contributed by atoms with Crippen molar-refractivity contribution in [2.75, 3.05) is 14.2 Å². The molecule has 0 aliphatic rings. The lowest BCUT2D eigenvalue weighted by Gasteiger charge is -2.41. The van der Waals surface area contributed by atoms with Crippen molar-refractivity contribution in [1.82, 2.24) is 0 Å². The van der Waals surface area contributed by atoms with Crippen LogP contribution in [0.4, 0.5) is 0 Å². The third-order valence-electron chi connectivity index (χ3n) is 5.76. The highest BCUT2D eigenvalue weighted by atomic mass is 28.4. The van der Waals surface area contributed by atoms with Gasteiger partial charge in [-0.15, -0.1) is 0 Å². The van der Waals surface area contributed by atoms with Gasteiger partial charge in [-0.25, -0.2) is 9.59 Å². The van der Waals surface area contributed by atoms with E-state index in [9.17, 15) is 19.8 Å². The van der Waals surface area contributed by atoms with Crippen LogP contribution in [0.25, 0.3) is 0 Å². The van der Waals surface area contributed by atoms with Gasteiger partial charge in [0.05, 0.1) is 25.9 Å². The molecule has 0 bridgehead atoms. The lowest BCUT2D eigenvalue weighted by atomic mass is 9.96. The molecular formula is C22H42O7Si. The second-order valence-corrected chi connectivity index (χ2v) is 13.9. The first-order valence-corrected chi connectivity index (χ1v) is 13.6. The first kappa shape index (κ1) is 28.8. The van der Waals surface area contributed by atoms with Crippen LogP contribution < -0.4 is 0 Å². The maximum absolute atomic E-state index is 12.1. The Kier molecular flexibility index (Phi) is 12.7. The summed E-state index contributed by atoms with van der Waals surface area (Å²) in [6.07, 6.45) is 2.89. The summed E-state index contributed by atoms with van der Waals surface area (Å²) in [6.45, 7) is 12.6. The average molecular weight is 447 g/mol. The van der Waals surface area contributed by atoms with E-state index in [1.807, 2.05) is 0 Å². The van der Waals surface area contributed by atoms with Crippen molar-refractivity contribution in [3.05, 3.63) is 11.6 Å². The Bertz CT molecular complexity index is 566. The number of aliphatic hydroxyl groups is 2. The summed E-state index contributed by atoms with van der Waals surface area (Å²) in [6, 6.07) is 0. The van der Waals surface area contributed by atoms with Crippen LogP contribution in [0.3, 0.4) is 0 Å². The van der Waals surface area contributed by atoms with Crippen LogP contribution in [-0.2, 0) is 23.5 Å². The van der Waals surface area contributed by atoms with Crippen LogP contribution in [0.2, 0.25) is 18.1 Å². The predicted molar refractivity (Wildman–Crippen MR) is 120 cm³/mol. The van der Waals surface area contributed by atoms with Crippen LogP contribution in [-0.4, -0.2) is 63.0 Å². The highest BCUT2D eigenvalue weighted by Crippen LogP contribution is 2.38. The van der Waals surface area contributed by atoms with Gasteiger partial charge in [0, 0.05) is 6.08 Å². The molecule has 7 nitrogen and oxygen atoms in total. The first-order chi connectivity index (χ1) is 13.8. The largest absolute Gasteiger partial charge is 0.466 e. The van der Waals surface area contributed by atoms with E-state index in [1.54, 1.807) is 0 Å². The molecule has 3 unspecified atom stereocenters. The number of methoxy groups -OCH3 is 2. The van der Waals surface area contributed by atoms with Gasteiger partial charge in [-0.2, -0.15) is 0 Å². The number of hydrogen-bond acceptors (Lipinski definition) is 7. The van der Waals surface area contributed by atoms with Gasteiger partial charge < -0.3 is 24.1 Å². The topological polar surface area (TPSA) is 102 Å². The predicted octanol–water partition coefficient (Wildman–Crippen LogP) is 3.73. The number of carbonyl (C=O) groups excluding carboxylic acids is 2. The lowest BCUT2D eigenvalue weighted by Crippen LogP contribution is -2.50. The number of aliphatic hydroxyl groups excluding tert-OH is 2. The average Bonchev–Trinajstić information content (AvgIpc) is 2.68. The molecule has 0 spiro atoms. The van der Waals surface area contributed by atoms with Crippen LogP contribution in [0, 0.1) is 0 Å². The minimum Gasteiger partial charge on any atom is -0.466 e. The van der Waals surface area contributed by atoms with E-state index in [-0.39, 0.29) is 10.6 Å². The Morgan fingerprint density at radius 2 is 1.57 bits per heavy atom. The Morgan fingerprint density at radius 3 is 2.03 bits per heavy atom. The highest BCUT2D eigenvalue weighted by Gasteiger charge is 2.42. The van der Waals surface area contributed by atoms with Gasteiger partial charge in [0.1, 0.15) is 12.2 Å². The fraction of sp³-hybridized carbons (Fsp3) is 0.818. The molecule has 0 aromatic heterocycles. The molecule has 0 aliphatic carbocycles. The van der Waals surface area contributed by atoms with E-state index < -0.39 is 38.6 Å². The summed E-state index contributed by atoms with van der Waals surface area (Å²) in [7, 11) is 0.0461. The van der Waals surface area contributed by atoms with Gasteiger partial charge in [-0.1, -0.05) is 59.8 Å². The number of unbranched alkanes of at least 4 members (excludes halogenated alkanes) is 4. The molecular weight excluding hydrogens is 404 g/mol. The number of rotatable bonds is 13. The van der Waals surface area contributed by atoms with Gasteiger partial charge in [0.15, 0.2) is 8.32 Å². The molecule has 0 radical (unpaired) electrons. The van der Waals surface area contributed by atoms with Gasteiger partial charge in [0.2, 0.25) is 0 Å². The smallest absolute Gasteiger partial charge is 0.336 e. The van der Waals surface area contributed by atoms with Crippen LogP contribution in [0.15, 0.2) is 11.6 Å². The molecule has 3 atom stereocenters. The van der Waals surface area contributed by atoms with E-state index >= 15 is 0 Å². The molecule has 0 heterocycles. The van der Waals surface area contributed by atoms with Crippen LogP contribution >= 0.6 is 0 Å². The van der Waals surface area contributed by atoms with Gasteiger partial charge in [0.25, 0.3) is 0 Å². The van der Waals surface area contributed by atoms with E-state index in [0.717, 1.165) is 52.4 Å². The van der Waals surface area contributed by atoms with Crippen molar-refractivity contribution in [2.45, 2.75) is 103 Å². The van der Waals surface area contributed by atoms with E-state index in [2.05, 4.69) is 50.3 Å². The standard InChI is InChI=1S/C22H42O7Si/c1-9-10-11-12-13-14-17(29-30(7,8)22(2,3)4)20(25)19(24)16(21(26)28-6)15-18(23)27-5/h15,17,19-20,24-25H,9-14H2,1-8H3/b16-15-. The minimum absolute atomic E-state index is 0.0921. The van der Waals surface area contributed by atoms with Crippen molar-refractivity contribution in [3.8, 4) is 0 Å². The number of ether oxygens (including phenoxy) is 2. The Morgan fingerprint density at radius 1 is 1.00 bits per heavy atom. The zero-order chi connectivity index (χ0) is 23.5. The second-order valence-electron chi connectivity index (χ2n) is 9.17. The molecule has 8 heteroatoms. The molecule has 0 fully saturated rings. The van der Waals surface area contributed by atoms with Crippen molar-refractivity contribution in [2.24, 2.45) is 0 Å². The summed E-state index contributed by atoms with van der Waals surface area (Å²) in [4.78, 5) is 23.8. The maximum atomic E-state index is 12.1. The summed E-state index contributed by atoms with van der Waals surface area (Å²) in [5.74, 6) is -1.72. The lowest BCUT2D eigenvalue weighted by molar-refractivity contribution is -0.141. The molecule has 0 aromatic carbocycles. The Hall–Kier alpha value is -1.22. The molecule has 0 amide bonds. The molecule has 0 rings (SSSR count). The van der Waals surface area contributed by atoms with Crippen molar-refractivity contribution in [3.63, 3.8) is 0 Å². The zero-order valence-corrected chi connectivity index (χ0v) is 21.0. The van der Waals surface area contributed by atoms with Crippen LogP contribution in [0.5, 0.6) is 0 Å². The van der Waals surface area contributed by atoms with Crippen molar-refractivity contribution >= 4 is 20.3 Å².